The number of hydrogen-bond donors (Lipinski definition) is 2. The molecule has 0 saturated carbocycles. The molecular weight excluding hydrogens is 843 g/mol. The van der Waals surface area contributed by atoms with Crippen molar-refractivity contribution in [2.24, 2.45) is 17.0 Å². The van der Waals surface area contributed by atoms with Gasteiger partial charge in [-0.25, -0.2) is 0 Å². The molecule has 4 atom stereocenters. The van der Waals surface area contributed by atoms with Crippen molar-refractivity contribution < 1.29 is 23.8 Å². The summed E-state index contributed by atoms with van der Waals surface area (Å²) < 4.78 is 25.1. The van der Waals surface area contributed by atoms with E-state index < -0.39 is 0 Å². The highest BCUT2D eigenvalue weighted by Gasteiger charge is 2.54. The average Bonchev–Trinajstić information content (AvgIpc) is 3.41. The van der Waals surface area contributed by atoms with Crippen LogP contribution in [0.3, 0.4) is 0 Å². The van der Waals surface area contributed by atoms with Gasteiger partial charge in [0.1, 0.15) is 56.5 Å². The first-order chi connectivity index (χ1) is 33.6. The van der Waals surface area contributed by atoms with Crippen molar-refractivity contribution in [1.82, 2.24) is 10.6 Å². The predicted molar refractivity (Wildman–Crippen MR) is 268 cm³/mol. The Morgan fingerprint density at radius 3 is 0.779 bits per heavy atom. The van der Waals surface area contributed by atoms with Gasteiger partial charge in [0.25, 0.3) is 0 Å². The second kappa shape index (κ2) is 21.3. The van der Waals surface area contributed by atoms with Crippen LogP contribution in [0.4, 0.5) is 0 Å². The lowest BCUT2D eigenvalue weighted by molar-refractivity contribution is 0.138. The van der Waals surface area contributed by atoms with Crippen LogP contribution in [0, 0.1) is 11.8 Å². The molecule has 8 heteroatoms. The van der Waals surface area contributed by atoms with Gasteiger partial charge in [-0.15, -0.1) is 0 Å². The van der Waals surface area contributed by atoms with Crippen LogP contribution in [-0.2, 0) is 31.3 Å². The Kier molecular flexibility index (Phi) is 13.9. The Morgan fingerprint density at radius 2 is 0.559 bits per heavy atom. The molecule has 2 aliphatic heterocycles. The van der Waals surface area contributed by atoms with Crippen molar-refractivity contribution >= 4 is 5.71 Å². The third kappa shape index (κ3) is 10.5. The summed E-state index contributed by atoms with van der Waals surface area (Å²) in [5.74, 6) is 2.92. The standard InChI is InChI=1S/C60H55N3O5/c1-64-63-60-54-56(46-22-30-50(31-23-46)65-38-42-14-6-2-7-15-42)61-58(48-26-34-52(35-27-48)67-40-44-18-10-4-11-19-44)55(60)59(49-28-36-53(37-29-49)68-41-45-20-12-5-13-21-45)62-57(54)47-24-32-51(33-25-47)66-39-43-16-8-3-9-17-43/h2-37,54-59,61-62H,38-41H2,1H3. The first-order valence-corrected chi connectivity index (χ1v) is 23.3. The Labute approximate surface area is 399 Å². The molecule has 0 aromatic heterocycles. The Balaban J connectivity index is 1.01. The SMILES string of the molecule is CON=C1C2C(c3ccc(OCc4ccccc4)cc3)NC(c3ccc(OCc4ccccc4)cc3)C1C(c1ccc(OCc3ccccc3)cc1)NC2c1ccc(OCc2ccccc2)cc1. The summed E-state index contributed by atoms with van der Waals surface area (Å²) in [7, 11) is 1.65. The number of ether oxygens (including phenoxy) is 4. The highest BCUT2D eigenvalue weighted by Crippen LogP contribution is 2.53. The molecule has 0 spiro atoms. The number of benzene rings is 8. The smallest absolute Gasteiger partial charge is 0.119 e. The van der Waals surface area contributed by atoms with E-state index in [4.69, 9.17) is 28.9 Å². The quantitative estimate of drug-likeness (QED) is 0.0881. The fraction of sp³-hybridized carbons (Fsp3) is 0.183. The molecule has 0 aliphatic carbocycles. The number of hydrogen-bond acceptors (Lipinski definition) is 8. The number of nitrogens with one attached hydrogen (secondary N) is 2. The Bertz CT molecular complexity index is 2450. The Morgan fingerprint density at radius 1 is 0.324 bits per heavy atom. The van der Waals surface area contributed by atoms with Crippen molar-refractivity contribution in [2.75, 3.05) is 7.11 Å². The highest BCUT2D eigenvalue weighted by atomic mass is 16.6. The topological polar surface area (TPSA) is 82.6 Å². The third-order valence-corrected chi connectivity index (χ3v) is 13.0. The van der Waals surface area contributed by atoms with Gasteiger partial charge >= 0.3 is 0 Å². The van der Waals surface area contributed by atoms with Crippen LogP contribution < -0.4 is 29.6 Å². The van der Waals surface area contributed by atoms with E-state index in [1.807, 2.05) is 72.8 Å². The van der Waals surface area contributed by atoms with Crippen molar-refractivity contribution in [2.45, 2.75) is 50.6 Å². The van der Waals surface area contributed by atoms with Crippen LogP contribution in [0.2, 0.25) is 0 Å². The van der Waals surface area contributed by atoms with Gasteiger partial charge < -0.3 is 34.4 Å². The summed E-state index contributed by atoms with van der Waals surface area (Å²) >= 11 is 0. The van der Waals surface area contributed by atoms with E-state index in [2.05, 4.69) is 156 Å². The molecule has 340 valence electrons. The minimum absolute atomic E-state index is 0.151. The number of piperidine rings is 2. The first kappa shape index (κ1) is 44.2. The van der Waals surface area contributed by atoms with Gasteiger partial charge in [-0.2, -0.15) is 0 Å². The maximum absolute atomic E-state index is 6.27. The Hall–Kier alpha value is -7.65. The van der Waals surface area contributed by atoms with Gasteiger partial charge in [-0.1, -0.05) is 175 Å². The van der Waals surface area contributed by atoms with E-state index in [0.717, 1.165) is 73.2 Å². The lowest BCUT2D eigenvalue weighted by atomic mass is 9.63. The molecule has 2 fully saturated rings. The van der Waals surface area contributed by atoms with Crippen molar-refractivity contribution in [1.29, 1.82) is 0 Å². The first-order valence-electron chi connectivity index (χ1n) is 23.3. The summed E-state index contributed by atoms with van der Waals surface area (Å²) in [5, 5.41) is 13.5. The van der Waals surface area contributed by atoms with Gasteiger partial charge in [0, 0.05) is 36.0 Å². The predicted octanol–water partition coefficient (Wildman–Crippen LogP) is 12.7. The molecule has 2 heterocycles. The molecule has 2 bridgehead atoms. The van der Waals surface area contributed by atoms with Gasteiger partial charge in [0.05, 0.1) is 5.71 Å². The summed E-state index contributed by atoms with van der Waals surface area (Å²) in [6.45, 7) is 1.95. The summed E-state index contributed by atoms with van der Waals surface area (Å²) in [6.07, 6.45) is 0. The second-order valence-electron chi connectivity index (χ2n) is 17.4. The lowest BCUT2D eigenvalue weighted by Crippen LogP contribution is -2.60. The van der Waals surface area contributed by atoms with E-state index in [9.17, 15) is 0 Å². The molecule has 0 radical (unpaired) electrons. The molecule has 2 aliphatic rings. The maximum Gasteiger partial charge on any atom is 0.119 e. The average molecular weight is 898 g/mol. The summed E-state index contributed by atoms with van der Waals surface area (Å²) in [6, 6.07) is 74.3. The van der Waals surface area contributed by atoms with Gasteiger partial charge in [-0.05, 0) is 93.0 Å². The number of rotatable bonds is 17. The normalized spacial score (nSPS) is 19.6. The molecule has 0 amide bonds. The molecule has 68 heavy (non-hydrogen) atoms. The van der Waals surface area contributed by atoms with Gasteiger partial charge in [0.15, 0.2) is 0 Å². The van der Waals surface area contributed by atoms with Crippen LogP contribution in [0.15, 0.2) is 224 Å². The van der Waals surface area contributed by atoms with E-state index in [1.54, 1.807) is 7.11 Å². The molecule has 4 unspecified atom stereocenters. The minimum Gasteiger partial charge on any atom is -0.489 e. The number of oxime groups is 1. The highest BCUT2D eigenvalue weighted by molar-refractivity contribution is 5.93. The lowest BCUT2D eigenvalue weighted by Gasteiger charge is -2.54. The zero-order chi connectivity index (χ0) is 45.9. The van der Waals surface area contributed by atoms with Crippen molar-refractivity contribution in [3.8, 4) is 23.0 Å². The van der Waals surface area contributed by atoms with E-state index >= 15 is 0 Å². The third-order valence-electron chi connectivity index (χ3n) is 13.0. The molecule has 8 aromatic rings. The van der Waals surface area contributed by atoms with Crippen LogP contribution in [0.5, 0.6) is 23.0 Å². The van der Waals surface area contributed by atoms with Crippen LogP contribution in [0.25, 0.3) is 0 Å². The summed E-state index contributed by atoms with van der Waals surface area (Å²) in [4.78, 5) is 5.88. The number of nitrogens with zero attached hydrogens (tertiary/aromatic N) is 1. The van der Waals surface area contributed by atoms with Crippen LogP contribution in [0.1, 0.15) is 68.7 Å². The fourth-order valence-corrected chi connectivity index (χ4v) is 9.58. The molecule has 10 rings (SSSR count). The van der Waals surface area contributed by atoms with Crippen LogP contribution >= 0.6 is 0 Å². The van der Waals surface area contributed by atoms with E-state index in [1.165, 1.54) is 0 Å². The van der Waals surface area contributed by atoms with Crippen molar-refractivity contribution in [3.63, 3.8) is 0 Å². The van der Waals surface area contributed by atoms with Gasteiger partial charge in [0.2, 0.25) is 0 Å². The van der Waals surface area contributed by atoms with Gasteiger partial charge in [-0.3, -0.25) is 0 Å². The van der Waals surface area contributed by atoms with Crippen molar-refractivity contribution in [3.05, 3.63) is 263 Å². The molecular formula is C60H55N3O5. The molecule has 8 aromatic carbocycles. The zero-order valence-electron chi connectivity index (χ0n) is 38.1. The largest absolute Gasteiger partial charge is 0.489 e. The second-order valence-corrected chi connectivity index (χ2v) is 17.4. The van der Waals surface area contributed by atoms with E-state index in [0.29, 0.717) is 26.4 Å². The molecule has 2 saturated heterocycles. The fourth-order valence-electron chi connectivity index (χ4n) is 9.58. The van der Waals surface area contributed by atoms with Crippen LogP contribution in [-0.4, -0.2) is 12.8 Å². The number of fused-ring (bicyclic) bond motifs is 2. The minimum atomic E-state index is -0.177. The molecule has 8 nitrogen and oxygen atoms in total. The zero-order valence-corrected chi connectivity index (χ0v) is 38.1. The summed E-state index contributed by atoms with van der Waals surface area (Å²) in [5.41, 5.74) is 9.92. The van der Waals surface area contributed by atoms with E-state index in [-0.39, 0.29) is 36.0 Å². The maximum atomic E-state index is 6.27. The molecule has 2 N–H and O–H groups in total. The monoisotopic (exact) mass is 897 g/mol.